The minimum Gasteiger partial charge on any atom is -0.357 e. The minimum atomic E-state index is -0.258. The number of amides is 2. The highest BCUT2D eigenvalue weighted by Gasteiger charge is 2.11. The number of nitrogens with zero attached hydrogens (tertiary/aromatic N) is 3. The van der Waals surface area contributed by atoms with Gasteiger partial charge in [-0.3, -0.25) is 19.4 Å². The number of carbonyl (C=O) groups is 2. The molecule has 0 saturated heterocycles. The molecule has 3 rings (SSSR count). The molecule has 0 aliphatic carbocycles. The number of anilines is 1. The van der Waals surface area contributed by atoms with Crippen molar-refractivity contribution in [2.24, 2.45) is 5.92 Å². The minimum absolute atomic E-state index is 0.0864. The number of nitrogens with one attached hydrogen (secondary N) is 2. The summed E-state index contributed by atoms with van der Waals surface area (Å²) in [6, 6.07) is 5.38. The molecule has 0 atom stereocenters. The van der Waals surface area contributed by atoms with Crippen molar-refractivity contribution in [3.63, 3.8) is 0 Å². The SMILES string of the molecule is CC(C)Cc1cncc2cc(Cn3cccc(NC(=O)CCC/C=C/C(=O)N(C)C)c3=O)[nH]c12. The molecule has 0 aliphatic heterocycles. The summed E-state index contributed by atoms with van der Waals surface area (Å²) in [4.78, 5) is 46.0. The van der Waals surface area contributed by atoms with Crippen LogP contribution < -0.4 is 10.9 Å². The normalized spacial score (nSPS) is 11.4. The smallest absolute Gasteiger partial charge is 0.274 e. The van der Waals surface area contributed by atoms with E-state index in [1.807, 2.05) is 18.5 Å². The second-order valence-corrected chi connectivity index (χ2v) is 9.09. The predicted molar refractivity (Wildman–Crippen MR) is 135 cm³/mol. The van der Waals surface area contributed by atoms with Gasteiger partial charge >= 0.3 is 0 Å². The van der Waals surface area contributed by atoms with E-state index in [1.165, 1.54) is 11.0 Å². The maximum absolute atomic E-state index is 12.9. The van der Waals surface area contributed by atoms with Crippen LogP contribution >= 0.6 is 0 Å². The maximum atomic E-state index is 12.9. The van der Waals surface area contributed by atoms with E-state index in [1.54, 1.807) is 43.1 Å². The van der Waals surface area contributed by atoms with Crippen LogP contribution in [0.25, 0.3) is 10.9 Å². The Kier molecular flexibility index (Phi) is 8.40. The molecule has 0 spiro atoms. The Bertz CT molecular complexity index is 1240. The molecular formula is C26H33N5O3. The molecule has 2 amide bonds. The Morgan fingerprint density at radius 2 is 2.06 bits per heavy atom. The van der Waals surface area contributed by atoms with Crippen LogP contribution in [0.4, 0.5) is 5.69 Å². The highest BCUT2D eigenvalue weighted by molar-refractivity contribution is 5.90. The molecule has 8 nitrogen and oxygen atoms in total. The summed E-state index contributed by atoms with van der Waals surface area (Å²) < 4.78 is 1.57. The molecule has 0 radical (unpaired) electrons. The summed E-state index contributed by atoms with van der Waals surface area (Å²) in [6.45, 7) is 4.71. The number of rotatable bonds is 10. The van der Waals surface area contributed by atoms with Gasteiger partial charge < -0.3 is 19.8 Å². The summed E-state index contributed by atoms with van der Waals surface area (Å²) >= 11 is 0. The number of H-pyrrole nitrogens is 1. The average molecular weight is 464 g/mol. The summed E-state index contributed by atoms with van der Waals surface area (Å²) in [5, 5.41) is 3.74. The Balaban J connectivity index is 1.63. The van der Waals surface area contributed by atoms with Crippen LogP contribution in [0, 0.1) is 5.92 Å². The number of pyridine rings is 2. The van der Waals surface area contributed by atoms with E-state index in [2.05, 4.69) is 29.1 Å². The van der Waals surface area contributed by atoms with Crippen molar-refractivity contribution in [2.45, 2.75) is 46.1 Å². The fourth-order valence-electron chi connectivity index (χ4n) is 3.71. The van der Waals surface area contributed by atoms with Crippen LogP contribution in [0.2, 0.25) is 0 Å². The third kappa shape index (κ3) is 6.66. The molecule has 0 aromatic carbocycles. The number of fused-ring (bicyclic) bond motifs is 1. The van der Waals surface area contributed by atoms with E-state index >= 15 is 0 Å². The molecular weight excluding hydrogens is 430 g/mol. The van der Waals surface area contributed by atoms with E-state index in [4.69, 9.17) is 0 Å². The first-order chi connectivity index (χ1) is 16.2. The number of hydrogen-bond acceptors (Lipinski definition) is 4. The first-order valence-electron chi connectivity index (χ1n) is 11.6. The van der Waals surface area contributed by atoms with E-state index in [0.717, 1.165) is 28.6 Å². The number of aromatic amines is 1. The van der Waals surface area contributed by atoms with Gasteiger partial charge in [-0.05, 0) is 55.0 Å². The number of allylic oxidation sites excluding steroid dienone is 1. The highest BCUT2D eigenvalue weighted by atomic mass is 16.2. The van der Waals surface area contributed by atoms with Gasteiger partial charge in [0.2, 0.25) is 11.8 Å². The van der Waals surface area contributed by atoms with Gasteiger partial charge in [-0.25, -0.2) is 0 Å². The first kappa shape index (κ1) is 25.0. The van der Waals surface area contributed by atoms with Gasteiger partial charge in [-0.1, -0.05) is 19.9 Å². The summed E-state index contributed by atoms with van der Waals surface area (Å²) in [5.41, 5.74) is 3.11. The van der Waals surface area contributed by atoms with Crippen LogP contribution in [-0.2, 0) is 22.6 Å². The van der Waals surface area contributed by atoms with Gasteiger partial charge in [-0.15, -0.1) is 0 Å². The van der Waals surface area contributed by atoms with Crippen molar-refractivity contribution >= 4 is 28.4 Å². The molecule has 0 unspecified atom stereocenters. The second kappa shape index (κ2) is 11.4. The zero-order valence-corrected chi connectivity index (χ0v) is 20.3. The molecule has 180 valence electrons. The van der Waals surface area contributed by atoms with Crippen LogP contribution in [0.3, 0.4) is 0 Å². The molecule has 8 heteroatoms. The third-order valence-electron chi connectivity index (χ3n) is 5.41. The molecule has 3 aromatic rings. The second-order valence-electron chi connectivity index (χ2n) is 9.09. The lowest BCUT2D eigenvalue weighted by Crippen LogP contribution is -2.25. The predicted octanol–water partition coefficient (Wildman–Crippen LogP) is 3.72. The number of carbonyl (C=O) groups excluding carboxylic acids is 2. The third-order valence-corrected chi connectivity index (χ3v) is 5.41. The van der Waals surface area contributed by atoms with Crippen LogP contribution in [0.5, 0.6) is 0 Å². The topological polar surface area (TPSA) is 100 Å². The molecule has 3 heterocycles. The molecule has 0 fully saturated rings. The van der Waals surface area contributed by atoms with Crippen LogP contribution in [0.1, 0.15) is 44.4 Å². The van der Waals surface area contributed by atoms with Gasteiger partial charge in [0.1, 0.15) is 5.69 Å². The van der Waals surface area contributed by atoms with Crippen LogP contribution in [-0.4, -0.2) is 45.3 Å². The zero-order valence-electron chi connectivity index (χ0n) is 20.3. The molecule has 0 bridgehead atoms. The molecule has 0 saturated carbocycles. The molecule has 2 N–H and O–H groups in total. The molecule has 3 aromatic heterocycles. The van der Waals surface area contributed by atoms with Gasteiger partial charge in [0.25, 0.3) is 5.56 Å². The lowest BCUT2D eigenvalue weighted by Gasteiger charge is -2.09. The lowest BCUT2D eigenvalue weighted by molar-refractivity contribution is -0.123. The van der Waals surface area contributed by atoms with Crippen molar-refractivity contribution in [1.82, 2.24) is 19.4 Å². The summed E-state index contributed by atoms with van der Waals surface area (Å²) in [5.74, 6) is 0.201. The van der Waals surface area contributed by atoms with Gasteiger partial charge in [0.05, 0.1) is 12.1 Å². The highest BCUT2D eigenvalue weighted by Crippen LogP contribution is 2.21. The first-order valence-corrected chi connectivity index (χ1v) is 11.6. The van der Waals surface area contributed by atoms with Crippen LogP contribution in [0.15, 0.2) is 53.7 Å². The van der Waals surface area contributed by atoms with Crippen molar-refractivity contribution in [3.05, 3.63) is 70.6 Å². The van der Waals surface area contributed by atoms with E-state index in [0.29, 0.717) is 25.3 Å². The Labute approximate surface area is 199 Å². The number of aromatic nitrogens is 3. The fraction of sp³-hybridized carbons (Fsp3) is 0.385. The monoisotopic (exact) mass is 463 g/mol. The van der Waals surface area contributed by atoms with Crippen molar-refractivity contribution in [1.29, 1.82) is 0 Å². The van der Waals surface area contributed by atoms with Crippen molar-refractivity contribution < 1.29 is 9.59 Å². The Morgan fingerprint density at radius 3 is 2.79 bits per heavy atom. The Morgan fingerprint density at radius 1 is 1.26 bits per heavy atom. The number of hydrogen-bond donors (Lipinski definition) is 2. The standard InChI is InChI=1S/C26H33N5O3/c1-18(2)13-19-15-27-16-20-14-21(28-25(19)20)17-31-12-8-9-22(26(31)34)29-23(32)10-6-5-7-11-24(33)30(3)4/h7-9,11-12,14-16,18,28H,5-6,10,13,17H2,1-4H3,(H,29,32)/b11-7+. The number of unbranched alkanes of at least 4 members (excludes halogenated alkanes) is 1. The Hall–Kier alpha value is -3.68. The number of likely N-dealkylation sites (N-methyl/N-ethyl adjacent to an activating group) is 1. The summed E-state index contributed by atoms with van der Waals surface area (Å²) in [7, 11) is 3.37. The molecule has 34 heavy (non-hydrogen) atoms. The maximum Gasteiger partial charge on any atom is 0.274 e. The van der Waals surface area contributed by atoms with E-state index in [9.17, 15) is 14.4 Å². The average Bonchev–Trinajstić information content (AvgIpc) is 3.19. The molecule has 0 aliphatic rings. The fourth-order valence-corrected chi connectivity index (χ4v) is 3.71. The van der Waals surface area contributed by atoms with E-state index < -0.39 is 0 Å². The lowest BCUT2D eigenvalue weighted by atomic mass is 10.0. The van der Waals surface area contributed by atoms with Gasteiger partial charge in [0.15, 0.2) is 0 Å². The van der Waals surface area contributed by atoms with Gasteiger partial charge in [0, 0.05) is 50.2 Å². The largest absolute Gasteiger partial charge is 0.357 e. The summed E-state index contributed by atoms with van der Waals surface area (Å²) in [6.07, 6.45) is 11.1. The zero-order chi connectivity index (χ0) is 24.7. The van der Waals surface area contributed by atoms with E-state index in [-0.39, 0.29) is 29.5 Å². The van der Waals surface area contributed by atoms with Gasteiger partial charge in [-0.2, -0.15) is 0 Å². The van der Waals surface area contributed by atoms with Crippen molar-refractivity contribution in [2.75, 3.05) is 19.4 Å². The van der Waals surface area contributed by atoms with Crippen molar-refractivity contribution in [3.8, 4) is 0 Å². The quantitative estimate of drug-likeness (QED) is 0.353.